The van der Waals surface area contributed by atoms with Crippen LogP contribution in [0.5, 0.6) is 0 Å². The van der Waals surface area contributed by atoms with Crippen LogP contribution in [-0.2, 0) is 114 Å². The molecule has 0 aromatic rings. The Morgan fingerprint density at radius 2 is 1.03 bits per heavy atom. The number of allylic oxidation sites excluding steroid dienone is 1. The lowest BCUT2D eigenvalue weighted by atomic mass is 9.47. The quantitative estimate of drug-likeness (QED) is 0.0403. The molecule has 6 fully saturated rings. The predicted molar refractivity (Wildman–Crippen MR) is 305 cm³/mol. The molecule has 3 saturated carbocycles. The van der Waals surface area contributed by atoms with E-state index in [1.54, 1.807) is 0 Å². The highest BCUT2D eigenvalue weighted by Gasteiger charge is 2.64. The van der Waals surface area contributed by atoms with Crippen LogP contribution >= 0.6 is 22.6 Å². The van der Waals surface area contributed by atoms with Crippen molar-refractivity contribution in [2.24, 2.45) is 46.3 Å². The van der Waals surface area contributed by atoms with E-state index in [2.05, 4.69) is 49.4 Å². The van der Waals surface area contributed by atoms with Gasteiger partial charge in [-0.2, -0.15) is 0 Å². The van der Waals surface area contributed by atoms with Gasteiger partial charge in [-0.05, 0) is 93.3 Å². The van der Waals surface area contributed by atoms with Crippen LogP contribution in [0.1, 0.15) is 155 Å². The second kappa shape index (κ2) is 28.9. The number of hydrogen-bond donors (Lipinski definition) is 0. The fourth-order valence-electron chi connectivity index (χ4n) is 14.9. The molecule has 3 saturated heterocycles. The third-order valence-electron chi connectivity index (χ3n) is 18.6. The number of carbonyl (C=O) groups is 10. The van der Waals surface area contributed by atoms with E-state index in [0.29, 0.717) is 44.4 Å². The summed E-state index contributed by atoms with van der Waals surface area (Å²) in [7, 11) is 0. The van der Waals surface area contributed by atoms with Gasteiger partial charge in [0, 0.05) is 84.5 Å². The Morgan fingerprint density at radius 1 is 0.570 bits per heavy atom. The lowest BCUT2D eigenvalue weighted by Gasteiger charge is -2.58. The first-order valence-corrected chi connectivity index (χ1v) is 31.5. The number of carbonyl (C=O) groups excluding carboxylic acids is 10. The lowest BCUT2D eigenvalue weighted by Crippen LogP contribution is -2.68. The third-order valence-corrected chi connectivity index (χ3v) is 20.2. The molecule has 0 N–H and O–H groups in total. The molecular weight excluding hydrogens is 1240 g/mol. The van der Waals surface area contributed by atoms with Crippen LogP contribution in [-0.4, -0.2) is 169 Å². The minimum absolute atomic E-state index is 0.0987. The number of alkyl halides is 1. The molecule has 7 aliphatic rings. The fraction of sp³-hybridized carbons (Fsp3) is 0.803. The van der Waals surface area contributed by atoms with Crippen molar-refractivity contribution >= 4 is 81.9 Å². The van der Waals surface area contributed by atoms with Gasteiger partial charge >= 0.3 is 47.8 Å². The molecule has 4 aliphatic carbocycles. The van der Waals surface area contributed by atoms with Crippen LogP contribution in [0.15, 0.2) is 11.6 Å². The van der Waals surface area contributed by atoms with Crippen molar-refractivity contribution in [2.45, 2.75) is 253 Å². The molecule has 3 heterocycles. The summed E-state index contributed by atoms with van der Waals surface area (Å²) in [6, 6.07) is 0. The molecule has 24 atom stereocenters. The van der Waals surface area contributed by atoms with Crippen LogP contribution in [0.25, 0.3) is 0 Å². The molecule has 0 aromatic heterocycles. The van der Waals surface area contributed by atoms with Crippen LogP contribution in [0.2, 0.25) is 0 Å². The summed E-state index contributed by atoms with van der Waals surface area (Å²) < 4.78 is 86.7. The molecule has 24 nitrogen and oxygen atoms in total. The van der Waals surface area contributed by atoms with Gasteiger partial charge in [-0.25, -0.2) is 0 Å². The maximum Gasteiger partial charge on any atom is 0.303 e. The predicted octanol–water partition coefficient (Wildman–Crippen LogP) is 6.26. The maximum absolute atomic E-state index is 14.2. The minimum atomic E-state index is -1.76. The SMILES string of the molecule is CC(=O)OC[C@H]1O[C@@H](O[C@H]2CC[C@@]3(C)C(=CC[C@H]4[C@@H]5CC(=O)[C@H]([C@H](C)C(=O)CC[C@@H](C)CI)[C@@]5(C)CC[C@@H]43)C2)[C@H](O[C@@H]2O[C@@H](C)[C@H](OC(C)=O)[C@@H](OC(C)=O)[C@H]2OC(C)=O)[C@@H](OC(C)=O)[C@@H]1O[C@@H]1O[C@@H](C)[C@H](OC(C)=O)[C@@H](OC(C)=O)[C@H]1OC(C)=O. The van der Waals surface area contributed by atoms with E-state index in [1.165, 1.54) is 13.8 Å². The highest BCUT2D eigenvalue weighted by molar-refractivity contribution is 14.1. The average molecular weight is 1330 g/mol. The third kappa shape index (κ3) is 15.7. The maximum atomic E-state index is 14.2. The van der Waals surface area contributed by atoms with Gasteiger partial charge in [0.25, 0.3) is 0 Å². The van der Waals surface area contributed by atoms with Gasteiger partial charge in [-0.15, -0.1) is 0 Å². The highest BCUT2D eigenvalue weighted by atomic mass is 127. The topological polar surface area (TPSA) is 300 Å². The fourth-order valence-corrected chi connectivity index (χ4v) is 15.4. The Hall–Kier alpha value is -4.67. The van der Waals surface area contributed by atoms with Crippen molar-refractivity contribution in [3.8, 4) is 0 Å². The van der Waals surface area contributed by atoms with E-state index in [-0.39, 0.29) is 52.0 Å². The summed E-state index contributed by atoms with van der Waals surface area (Å²) in [4.78, 5) is 131. The lowest BCUT2D eigenvalue weighted by molar-refractivity contribution is -0.389. The summed E-state index contributed by atoms with van der Waals surface area (Å²) in [5.74, 6) is -6.18. The van der Waals surface area contributed by atoms with Gasteiger partial charge in [-0.1, -0.05) is 61.9 Å². The molecule has 0 radical (unpaired) electrons. The Bertz CT molecular complexity index is 2570. The molecule has 0 spiro atoms. The number of ether oxygens (including phenoxy) is 14. The molecule has 0 bridgehead atoms. The normalized spacial score (nSPS) is 39.0. The number of halogens is 1. The second-order valence-corrected chi connectivity index (χ2v) is 25.9. The van der Waals surface area contributed by atoms with Gasteiger partial charge < -0.3 is 66.3 Å². The van der Waals surface area contributed by atoms with Crippen molar-refractivity contribution in [1.82, 2.24) is 0 Å². The van der Waals surface area contributed by atoms with Gasteiger partial charge in [-0.3, -0.25) is 47.9 Å². The smallest absolute Gasteiger partial charge is 0.303 e. The van der Waals surface area contributed by atoms with Gasteiger partial charge in [0.2, 0.25) is 0 Å². The monoisotopic (exact) mass is 1330 g/mol. The Morgan fingerprint density at radius 3 is 1.52 bits per heavy atom. The van der Waals surface area contributed by atoms with Gasteiger partial charge in [0.05, 0.1) is 18.3 Å². The van der Waals surface area contributed by atoms with E-state index in [1.807, 2.05) is 6.92 Å². The molecule has 0 amide bonds. The van der Waals surface area contributed by atoms with Gasteiger partial charge in [0.15, 0.2) is 67.7 Å². The zero-order valence-corrected chi connectivity index (χ0v) is 53.9. The van der Waals surface area contributed by atoms with Crippen LogP contribution in [0.4, 0.5) is 0 Å². The number of rotatable bonds is 21. The van der Waals surface area contributed by atoms with Gasteiger partial charge in [0.1, 0.15) is 30.4 Å². The molecule has 86 heavy (non-hydrogen) atoms. The van der Waals surface area contributed by atoms with Crippen molar-refractivity contribution in [3.05, 3.63) is 11.6 Å². The highest BCUT2D eigenvalue weighted by Crippen LogP contribution is 2.67. The molecule has 0 unspecified atom stereocenters. The molecule has 25 heteroatoms. The summed E-state index contributed by atoms with van der Waals surface area (Å²) in [5, 5.41) is 0. The first-order valence-electron chi connectivity index (χ1n) is 29.9. The zero-order chi connectivity index (χ0) is 63.4. The number of ketones is 2. The number of hydrogen-bond acceptors (Lipinski definition) is 24. The van der Waals surface area contributed by atoms with Crippen molar-refractivity contribution < 1.29 is 114 Å². The van der Waals surface area contributed by atoms with Crippen molar-refractivity contribution in [3.63, 3.8) is 0 Å². The first-order chi connectivity index (χ1) is 40.4. The largest absolute Gasteiger partial charge is 0.463 e. The summed E-state index contributed by atoms with van der Waals surface area (Å²) in [5.41, 5.74) is 0.515. The van der Waals surface area contributed by atoms with E-state index in [0.717, 1.165) is 84.7 Å². The van der Waals surface area contributed by atoms with Crippen LogP contribution in [0.3, 0.4) is 0 Å². The standard InChI is InChI=1S/C61H87IO24/c1-27(25-62)15-18-44(71)28(2)47-45(72)24-43-41-17-16-39-23-40(19-21-60(39,13)42(41)20-22-61(43,47)14)83-59-56(86-58-55(82-38(12)70)52(79-35(9)67)49(30(4)75-58)77-33(7)65)53(80-36(10)68)50(46(84-59)26-73-31(5)63)85-57-54(81-37(11)69)51(78-34(8)66)48(29(3)74-57)76-32(6)64/h16,27-30,40-43,46-59H,15,17-26H2,1-14H3/t27-,28-,29+,30+,40+,41-,42+,43+,46-,47+,48+,49+,50-,51-,52-,53+,54-,55-,56-,57+,58+,59-,60+,61+/m1/s1. The first kappa shape index (κ1) is 68.8. The van der Waals surface area contributed by atoms with E-state index < -0.39 is 153 Å². The van der Waals surface area contributed by atoms with Crippen molar-refractivity contribution in [2.75, 3.05) is 11.0 Å². The molecule has 482 valence electrons. The second-order valence-electron chi connectivity index (χ2n) is 25.0. The Kier molecular flexibility index (Phi) is 23.1. The molecule has 7 rings (SSSR count). The molecule has 0 aromatic carbocycles. The van der Waals surface area contributed by atoms with E-state index in [4.69, 9.17) is 66.3 Å². The number of Topliss-reactive ketones (excluding diaryl/α,β-unsaturated/α-hetero) is 2. The van der Waals surface area contributed by atoms with E-state index in [9.17, 15) is 47.9 Å². The number of fused-ring (bicyclic) bond motifs is 5. The summed E-state index contributed by atoms with van der Waals surface area (Å²) in [6.07, 6.45) is -15.9. The Labute approximate surface area is 515 Å². The van der Waals surface area contributed by atoms with E-state index >= 15 is 0 Å². The van der Waals surface area contributed by atoms with Crippen molar-refractivity contribution in [1.29, 1.82) is 0 Å². The zero-order valence-electron chi connectivity index (χ0n) is 51.7. The van der Waals surface area contributed by atoms with Crippen LogP contribution < -0.4 is 0 Å². The summed E-state index contributed by atoms with van der Waals surface area (Å²) in [6.45, 7) is 19.8. The minimum Gasteiger partial charge on any atom is -0.463 e. The molecular formula is C61H87IO24. The molecule has 3 aliphatic heterocycles. The average Bonchev–Trinajstić information content (AvgIpc) is 1.42. The Balaban J connectivity index is 1.27. The van der Waals surface area contributed by atoms with Crippen LogP contribution in [0, 0.1) is 46.3 Å². The summed E-state index contributed by atoms with van der Waals surface area (Å²) >= 11 is 2.34. The number of esters is 8.